The molecule has 2 nitrogen and oxygen atoms in total. The first-order chi connectivity index (χ1) is 11.7. The van der Waals surface area contributed by atoms with Crippen LogP contribution in [0.15, 0.2) is 21.1 Å². The highest BCUT2D eigenvalue weighted by molar-refractivity contribution is 9.10. The monoisotopic (exact) mass is 482 g/mol. The van der Waals surface area contributed by atoms with Gasteiger partial charge in [0.25, 0.3) is 0 Å². The Kier molecular flexibility index (Phi) is 5.63. The largest absolute Gasteiger partial charge is 0.507 e. The minimum Gasteiger partial charge on any atom is -0.507 e. The van der Waals surface area contributed by atoms with E-state index < -0.39 is 0 Å². The molecule has 0 heterocycles. The lowest BCUT2D eigenvalue weighted by Crippen LogP contribution is -2.14. The second-order valence-corrected chi connectivity index (χ2v) is 10.7. The average Bonchev–Trinajstić information content (AvgIpc) is 2.47. The van der Waals surface area contributed by atoms with Gasteiger partial charge in [0.05, 0.1) is 0 Å². The fourth-order valence-corrected chi connectivity index (χ4v) is 4.08. The van der Waals surface area contributed by atoms with E-state index in [9.17, 15) is 10.2 Å². The van der Waals surface area contributed by atoms with Crippen LogP contribution in [0.2, 0.25) is 0 Å². The van der Waals surface area contributed by atoms with Gasteiger partial charge < -0.3 is 10.2 Å². The summed E-state index contributed by atoms with van der Waals surface area (Å²) >= 11 is 7.28. The van der Waals surface area contributed by atoms with Gasteiger partial charge in [-0.05, 0) is 47.9 Å². The van der Waals surface area contributed by atoms with Crippen molar-refractivity contribution in [1.29, 1.82) is 0 Å². The van der Waals surface area contributed by atoms with Gasteiger partial charge in [-0.25, -0.2) is 0 Å². The third kappa shape index (κ3) is 3.68. The van der Waals surface area contributed by atoms with Crippen LogP contribution in [-0.4, -0.2) is 10.2 Å². The highest BCUT2D eigenvalue weighted by atomic mass is 79.9. The van der Waals surface area contributed by atoms with Crippen LogP contribution >= 0.6 is 31.9 Å². The Morgan fingerprint density at radius 2 is 0.923 bits per heavy atom. The summed E-state index contributed by atoms with van der Waals surface area (Å²) in [6, 6.07) is 3.95. The molecule has 2 N–H and O–H groups in total. The van der Waals surface area contributed by atoms with E-state index in [1.807, 2.05) is 26.0 Å². The molecule has 0 atom stereocenters. The maximum Gasteiger partial charge on any atom is 0.127 e. The molecule has 0 aliphatic rings. The number of aromatic hydroxyl groups is 2. The van der Waals surface area contributed by atoms with E-state index in [1.54, 1.807) is 0 Å². The van der Waals surface area contributed by atoms with Crippen molar-refractivity contribution < 1.29 is 10.2 Å². The minimum absolute atomic E-state index is 0.225. The molecule has 0 spiro atoms. The molecular formula is C22H28Br2O2. The van der Waals surface area contributed by atoms with Crippen molar-refractivity contribution in [3.05, 3.63) is 43.3 Å². The zero-order valence-electron chi connectivity index (χ0n) is 16.8. The van der Waals surface area contributed by atoms with E-state index in [1.165, 1.54) is 0 Å². The van der Waals surface area contributed by atoms with Crippen molar-refractivity contribution in [2.45, 2.75) is 66.2 Å². The highest BCUT2D eigenvalue weighted by Gasteiger charge is 2.29. The quantitative estimate of drug-likeness (QED) is 0.440. The minimum atomic E-state index is -0.225. The second kappa shape index (κ2) is 6.87. The molecule has 0 aliphatic heterocycles. The molecule has 2 aromatic rings. The van der Waals surface area contributed by atoms with Crippen molar-refractivity contribution in [3.8, 4) is 22.6 Å². The third-order valence-corrected chi connectivity index (χ3v) is 6.51. The van der Waals surface area contributed by atoms with E-state index in [2.05, 4.69) is 73.4 Å². The Bertz CT molecular complexity index is 796. The first kappa shape index (κ1) is 21.3. The molecule has 2 rings (SSSR count). The standard InChI is InChI=1S/C22H28Br2O2/c1-11-15(23)9-13(21(3,4)5)19(25)17(11)18-12(2)16(24)10-14(20(18)26)22(6,7)8/h9-10,25-26H,1-8H3. The van der Waals surface area contributed by atoms with Crippen LogP contribution in [0.3, 0.4) is 0 Å². The summed E-state index contributed by atoms with van der Waals surface area (Å²) in [4.78, 5) is 0. The second-order valence-electron chi connectivity index (χ2n) is 9.01. The van der Waals surface area contributed by atoms with E-state index >= 15 is 0 Å². The molecule has 0 amide bonds. The summed E-state index contributed by atoms with van der Waals surface area (Å²) < 4.78 is 1.85. The van der Waals surface area contributed by atoms with Crippen molar-refractivity contribution in [2.75, 3.05) is 0 Å². The van der Waals surface area contributed by atoms with Gasteiger partial charge in [-0.15, -0.1) is 0 Å². The molecule has 2 aromatic carbocycles. The number of benzene rings is 2. The normalized spacial score (nSPS) is 12.5. The topological polar surface area (TPSA) is 40.5 Å². The maximum atomic E-state index is 11.2. The van der Waals surface area contributed by atoms with Gasteiger partial charge in [0.1, 0.15) is 11.5 Å². The van der Waals surface area contributed by atoms with Gasteiger partial charge >= 0.3 is 0 Å². The van der Waals surface area contributed by atoms with E-state index in [-0.39, 0.29) is 22.3 Å². The van der Waals surface area contributed by atoms with Crippen LogP contribution in [0.5, 0.6) is 11.5 Å². The summed E-state index contributed by atoms with van der Waals surface area (Å²) in [5.74, 6) is 0.462. The highest BCUT2D eigenvalue weighted by Crippen LogP contribution is 2.50. The molecule has 142 valence electrons. The summed E-state index contributed by atoms with van der Waals surface area (Å²) in [5.41, 5.74) is 4.44. The molecule has 0 saturated heterocycles. The SMILES string of the molecule is Cc1c(Br)cc(C(C)(C)C)c(O)c1-c1c(C)c(Br)cc(C(C)(C)C)c1O. The molecule has 0 bridgehead atoms. The molecule has 0 unspecified atom stereocenters. The number of hydrogen-bond acceptors (Lipinski definition) is 2. The number of halogens is 2. The number of phenolic OH excluding ortho intramolecular Hbond substituents is 2. The molecule has 26 heavy (non-hydrogen) atoms. The maximum absolute atomic E-state index is 11.2. The molecule has 4 heteroatoms. The first-order valence-electron chi connectivity index (χ1n) is 8.73. The molecular weight excluding hydrogens is 456 g/mol. The van der Waals surface area contributed by atoms with Crippen molar-refractivity contribution in [3.63, 3.8) is 0 Å². The van der Waals surface area contributed by atoms with Gasteiger partial charge in [-0.2, -0.15) is 0 Å². The van der Waals surface area contributed by atoms with Gasteiger partial charge in [0.2, 0.25) is 0 Å². The number of hydrogen-bond donors (Lipinski definition) is 2. The van der Waals surface area contributed by atoms with Gasteiger partial charge in [-0.1, -0.05) is 73.4 Å². The smallest absolute Gasteiger partial charge is 0.127 e. The van der Waals surface area contributed by atoms with Gasteiger partial charge in [0.15, 0.2) is 0 Å². The van der Waals surface area contributed by atoms with Crippen molar-refractivity contribution >= 4 is 31.9 Å². The lowest BCUT2D eigenvalue weighted by molar-refractivity contribution is 0.439. The average molecular weight is 484 g/mol. The zero-order chi connectivity index (χ0) is 20.2. The summed E-state index contributed by atoms with van der Waals surface area (Å²) in [6.45, 7) is 16.3. The van der Waals surface area contributed by atoms with Crippen molar-refractivity contribution in [2.24, 2.45) is 0 Å². The van der Waals surface area contributed by atoms with Crippen LogP contribution in [0, 0.1) is 13.8 Å². The molecule has 0 saturated carbocycles. The van der Waals surface area contributed by atoms with Crippen LogP contribution < -0.4 is 0 Å². The Balaban J connectivity index is 3.03. The Morgan fingerprint density at radius 3 is 1.15 bits per heavy atom. The number of rotatable bonds is 1. The Morgan fingerprint density at radius 1 is 0.654 bits per heavy atom. The van der Waals surface area contributed by atoms with Crippen molar-refractivity contribution in [1.82, 2.24) is 0 Å². The predicted molar refractivity (Wildman–Crippen MR) is 117 cm³/mol. The van der Waals surface area contributed by atoms with E-state index in [4.69, 9.17) is 0 Å². The van der Waals surface area contributed by atoms with Crippen LogP contribution in [0.25, 0.3) is 11.1 Å². The van der Waals surface area contributed by atoms with E-state index in [0.717, 1.165) is 31.2 Å². The van der Waals surface area contributed by atoms with Crippen LogP contribution in [-0.2, 0) is 10.8 Å². The van der Waals surface area contributed by atoms with Gasteiger partial charge in [-0.3, -0.25) is 0 Å². The van der Waals surface area contributed by atoms with E-state index in [0.29, 0.717) is 11.1 Å². The lowest BCUT2D eigenvalue weighted by atomic mass is 9.80. The zero-order valence-corrected chi connectivity index (χ0v) is 20.0. The summed E-state index contributed by atoms with van der Waals surface area (Å²) in [7, 11) is 0. The molecule has 0 radical (unpaired) electrons. The Hall–Kier alpha value is -1.00. The summed E-state index contributed by atoms with van der Waals surface area (Å²) in [6.07, 6.45) is 0. The molecule has 0 aromatic heterocycles. The fourth-order valence-electron chi connectivity index (χ4n) is 3.23. The third-order valence-electron chi connectivity index (χ3n) is 4.86. The molecule has 0 aliphatic carbocycles. The summed E-state index contributed by atoms with van der Waals surface area (Å²) in [5, 5.41) is 22.3. The number of phenols is 2. The first-order valence-corrected chi connectivity index (χ1v) is 10.3. The predicted octanol–water partition coefficient (Wildman–Crippen LogP) is 7.50. The molecule has 0 fully saturated rings. The lowest BCUT2D eigenvalue weighted by Gasteiger charge is -2.28. The Labute approximate surface area is 173 Å². The van der Waals surface area contributed by atoms with Gasteiger partial charge in [0, 0.05) is 31.2 Å². The van der Waals surface area contributed by atoms with Crippen LogP contribution in [0.4, 0.5) is 0 Å². The van der Waals surface area contributed by atoms with Crippen LogP contribution in [0.1, 0.15) is 63.8 Å². The fraction of sp³-hybridized carbons (Fsp3) is 0.455.